The van der Waals surface area contributed by atoms with Crippen molar-refractivity contribution in [3.8, 4) is 0 Å². The van der Waals surface area contributed by atoms with E-state index in [1.165, 1.54) is 42.5 Å². The highest BCUT2D eigenvalue weighted by molar-refractivity contribution is 6.42. The van der Waals surface area contributed by atoms with Gasteiger partial charge in [-0.25, -0.2) is 14.4 Å². The second-order valence-electron chi connectivity index (χ2n) is 6.16. The van der Waals surface area contributed by atoms with Crippen LogP contribution in [-0.2, 0) is 14.3 Å². The fourth-order valence-corrected chi connectivity index (χ4v) is 3.46. The molecule has 10 heteroatoms. The number of carboxylic acids is 1. The molecule has 1 atom stereocenters. The smallest absolute Gasteiger partial charge is 0.356 e. The number of hydrogen-bond acceptors (Lipinski definition) is 4. The topological polar surface area (TPSA) is 95.9 Å². The Kier molecular flexibility index (Phi) is 6.55. The highest BCUT2D eigenvalue weighted by atomic mass is 35.5. The van der Waals surface area contributed by atoms with E-state index in [0.717, 1.165) is 4.90 Å². The molecule has 1 aliphatic heterocycles. The Bertz CT molecular complexity index is 1050. The first-order valence-corrected chi connectivity index (χ1v) is 9.83. The molecule has 156 valence electrons. The van der Waals surface area contributed by atoms with E-state index >= 15 is 0 Å². The standard InChI is InChI=1S/C20H15Cl3N2O5/c1-2-30-19(28)17-15(18(26)27)16(10-3-8-13(22)14(23)9-10)24-20(29)25(17)12-6-4-11(21)5-7-12/h3-9,16H,2H2,1H3,(H,24,29)(H,26,27). The maximum atomic E-state index is 13.0. The third-order valence-electron chi connectivity index (χ3n) is 4.30. The first-order valence-electron chi connectivity index (χ1n) is 8.70. The molecule has 0 spiro atoms. The number of carbonyl (C=O) groups excluding carboxylic acids is 2. The summed E-state index contributed by atoms with van der Waals surface area (Å²) in [6.45, 7) is 1.56. The number of carboxylic acid groups (broad SMARTS) is 1. The molecule has 3 rings (SSSR count). The molecule has 0 bridgehead atoms. The SMILES string of the molecule is CCOC(=O)C1=C(C(=O)O)C(c2ccc(Cl)c(Cl)c2)NC(=O)N1c1ccc(Cl)cc1. The zero-order valence-electron chi connectivity index (χ0n) is 15.5. The van der Waals surface area contributed by atoms with Gasteiger partial charge in [0, 0.05) is 5.02 Å². The van der Waals surface area contributed by atoms with Crippen molar-refractivity contribution in [2.75, 3.05) is 11.5 Å². The number of benzene rings is 2. The number of carbonyl (C=O) groups is 3. The van der Waals surface area contributed by atoms with Gasteiger partial charge in [-0.05, 0) is 48.9 Å². The van der Waals surface area contributed by atoms with Crippen molar-refractivity contribution in [3.63, 3.8) is 0 Å². The van der Waals surface area contributed by atoms with Crippen LogP contribution in [0.2, 0.25) is 15.1 Å². The van der Waals surface area contributed by atoms with Crippen LogP contribution in [0.5, 0.6) is 0 Å². The summed E-state index contributed by atoms with van der Waals surface area (Å²) in [5.74, 6) is -2.36. The van der Waals surface area contributed by atoms with Gasteiger partial charge in [0.1, 0.15) is 5.70 Å². The van der Waals surface area contributed by atoms with E-state index in [4.69, 9.17) is 39.5 Å². The number of esters is 1. The Morgan fingerprint density at radius 1 is 1.10 bits per heavy atom. The van der Waals surface area contributed by atoms with Crippen molar-refractivity contribution in [2.24, 2.45) is 0 Å². The van der Waals surface area contributed by atoms with Gasteiger partial charge in [-0.15, -0.1) is 0 Å². The molecule has 2 N–H and O–H groups in total. The van der Waals surface area contributed by atoms with Crippen molar-refractivity contribution in [3.05, 3.63) is 74.4 Å². The molecule has 2 aromatic rings. The minimum atomic E-state index is -1.41. The Morgan fingerprint density at radius 2 is 1.77 bits per heavy atom. The third kappa shape index (κ3) is 4.23. The number of amides is 2. The molecule has 1 aliphatic rings. The molecule has 0 radical (unpaired) electrons. The Balaban J connectivity index is 2.25. The summed E-state index contributed by atoms with van der Waals surface area (Å²) in [7, 11) is 0. The fourth-order valence-electron chi connectivity index (χ4n) is 3.02. The zero-order chi connectivity index (χ0) is 22.0. The predicted molar refractivity (Wildman–Crippen MR) is 113 cm³/mol. The molecule has 1 unspecified atom stereocenters. The van der Waals surface area contributed by atoms with Gasteiger partial charge in [-0.1, -0.05) is 40.9 Å². The number of rotatable bonds is 5. The number of aliphatic carboxylic acids is 1. The lowest BCUT2D eigenvalue weighted by atomic mass is 9.94. The molecule has 2 aromatic carbocycles. The van der Waals surface area contributed by atoms with Crippen LogP contribution in [0.1, 0.15) is 18.5 Å². The maximum absolute atomic E-state index is 13.0. The summed E-state index contributed by atoms with van der Waals surface area (Å²) >= 11 is 17.9. The molecule has 0 saturated carbocycles. The van der Waals surface area contributed by atoms with Gasteiger partial charge in [-0.2, -0.15) is 0 Å². The van der Waals surface area contributed by atoms with Gasteiger partial charge in [-0.3, -0.25) is 4.90 Å². The largest absolute Gasteiger partial charge is 0.478 e. The Labute approximate surface area is 186 Å². The quantitative estimate of drug-likeness (QED) is 0.612. The minimum absolute atomic E-state index is 0.0112. The van der Waals surface area contributed by atoms with Gasteiger partial charge in [0.2, 0.25) is 0 Å². The summed E-state index contributed by atoms with van der Waals surface area (Å²) in [6, 6.07) is 8.54. The van der Waals surface area contributed by atoms with Crippen molar-refractivity contribution in [2.45, 2.75) is 13.0 Å². The van der Waals surface area contributed by atoms with Crippen molar-refractivity contribution >= 4 is 58.5 Å². The molecule has 30 heavy (non-hydrogen) atoms. The van der Waals surface area contributed by atoms with Gasteiger partial charge < -0.3 is 15.2 Å². The van der Waals surface area contributed by atoms with Crippen LogP contribution >= 0.6 is 34.8 Å². The summed E-state index contributed by atoms with van der Waals surface area (Å²) in [5.41, 5.74) is -0.202. The molecule has 0 saturated heterocycles. The van der Waals surface area contributed by atoms with Crippen LogP contribution in [0.15, 0.2) is 53.7 Å². The maximum Gasteiger partial charge on any atom is 0.356 e. The lowest BCUT2D eigenvalue weighted by Crippen LogP contribution is -2.50. The highest BCUT2D eigenvalue weighted by Crippen LogP contribution is 2.36. The minimum Gasteiger partial charge on any atom is -0.478 e. The molecule has 0 fully saturated rings. The molecule has 0 aliphatic carbocycles. The number of nitrogens with one attached hydrogen (secondary N) is 1. The van der Waals surface area contributed by atoms with Crippen molar-refractivity contribution < 1.29 is 24.2 Å². The second-order valence-corrected chi connectivity index (χ2v) is 7.41. The number of urea groups is 1. The van der Waals surface area contributed by atoms with E-state index in [0.29, 0.717) is 10.6 Å². The monoisotopic (exact) mass is 468 g/mol. The summed E-state index contributed by atoms with van der Waals surface area (Å²) in [4.78, 5) is 38.9. The lowest BCUT2D eigenvalue weighted by Gasteiger charge is -2.35. The van der Waals surface area contributed by atoms with Crippen molar-refractivity contribution in [1.29, 1.82) is 0 Å². The van der Waals surface area contributed by atoms with Crippen LogP contribution in [0.25, 0.3) is 0 Å². The number of ether oxygens (including phenoxy) is 1. The molecule has 2 amide bonds. The number of nitrogens with zero attached hydrogens (tertiary/aromatic N) is 1. The lowest BCUT2D eigenvalue weighted by molar-refractivity contribution is -0.140. The van der Waals surface area contributed by atoms with Gasteiger partial charge in [0.25, 0.3) is 0 Å². The van der Waals surface area contributed by atoms with E-state index < -0.39 is 29.7 Å². The number of anilines is 1. The van der Waals surface area contributed by atoms with Crippen LogP contribution in [-0.4, -0.2) is 29.7 Å². The highest BCUT2D eigenvalue weighted by Gasteiger charge is 2.42. The average Bonchev–Trinajstić information content (AvgIpc) is 2.70. The van der Waals surface area contributed by atoms with E-state index in [-0.39, 0.29) is 27.9 Å². The average molecular weight is 470 g/mol. The fraction of sp³-hybridized carbons (Fsp3) is 0.150. The first-order chi connectivity index (χ1) is 14.2. The Morgan fingerprint density at radius 3 is 2.33 bits per heavy atom. The van der Waals surface area contributed by atoms with E-state index in [2.05, 4.69) is 5.32 Å². The second kappa shape index (κ2) is 8.95. The van der Waals surface area contributed by atoms with E-state index in [1.54, 1.807) is 6.92 Å². The van der Waals surface area contributed by atoms with E-state index in [9.17, 15) is 19.5 Å². The third-order valence-corrected chi connectivity index (χ3v) is 5.29. The van der Waals surface area contributed by atoms with Crippen molar-refractivity contribution in [1.82, 2.24) is 5.32 Å². The Hall–Kier alpha value is -2.74. The number of halogens is 3. The number of hydrogen-bond donors (Lipinski definition) is 2. The molecular weight excluding hydrogens is 455 g/mol. The van der Waals surface area contributed by atoms with Gasteiger partial charge >= 0.3 is 18.0 Å². The molecular formula is C20H15Cl3N2O5. The van der Waals surface area contributed by atoms with Crippen LogP contribution < -0.4 is 10.2 Å². The van der Waals surface area contributed by atoms with Gasteiger partial charge in [0.15, 0.2) is 0 Å². The van der Waals surface area contributed by atoms with Gasteiger partial charge in [0.05, 0.1) is 34.0 Å². The summed E-state index contributed by atoms with van der Waals surface area (Å²) in [6.07, 6.45) is 0. The normalized spacial score (nSPS) is 16.3. The summed E-state index contributed by atoms with van der Waals surface area (Å²) in [5, 5.41) is 13.4. The first kappa shape index (κ1) is 22.0. The van der Waals surface area contributed by atoms with Crippen LogP contribution in [0, 0.1) is 0 Å². The zero-order valence-corrected chi connectivity index (χ0v) is 17.8. The predicted octanol–water partition coefficient (Wildman–Crippen LogP) is 4.82. The van der Waals surface area contributed by atoms with E-state index in [1.807, 2.05) is 0 Å². The molecule has 7 nitrogen and oxygen atoms in total. The van der Waals surface area contributed by atoms with Crippen LogP contribution in [0.4, 0.5) is 10.5 Å². The van der Waals surface area contributed by atoms with Crippen LogP contribution in [0.3, 0.4) is 0 Å². The molecule has 1 heterocycles. The summed E-state index contributed by atoms with van der Waals surface area (Å²) < 4.78 is 5.06. The molecule has 0 aromatic heterocycles.